The molecule has 0 saturated heterocycles. The summed E-state index contributed by atoms with van der Waals surface area (Å²) in [6, 6.07) is 10.3. The van der Waals surface area contributed by atoms with Gasteiger partial charge >= 0.3 is 0 Å². The van der Waals surface area contributed by atoms with Crippen LogP contribution in [-0.4, -0.2) is 19.7 Å². The van der Waals surface area contributed by atoms with Gasteiger partial charge in [-0.2, -0.15) is 5.10 Å². The highest BCUT2D eigenvalue weighted by Gasteiger charge is 2.19. The molecule has 4 rings (SSSR count). The molecule has 4 aromatic rings. The van der Waals surface area contributed by atoms with Gasteiger partial charge in [-0.25, -0.2) is 10.1 Å². The fraction of sp³-hybridized carbons (Fsp3) is 0.188. The van der Waals surface area contributed by atoms with Gasteiger partial charge in [-0.3, -0.25) is 4.79 Å². The van der Waals surface area contributed by atoms with E-state index in [2.05, 4.69) is 29.3 Å². The Hall–Kier alpha value is -2.47. The largest absolute Gasteiger partial charge is 0.323 e. The van der Waals surface area contributed by atoms with E-state index >= 15 is 0 Å². The number of H-pyrrole nitrogens is 1. The number of aromatic amines is 1. The number of fused-ring (bicyclic) bond motifs is 3. The van der Waals surface area contributed by atoms with Crippen molar-refractivity contribution in [3.63, 3.8) is 0 Å². The first-order valence-corrected chi connectivity index (χ1v) is 7.86. The van der Waals surface area contributed by atoms with Gasteiger partial charge in [0.25, 0.3) is 5.56 Å². The molecule has 5 nitrogen and oxygen atoms in total. The van der Waals surface area contributed by atoms with Crippen LogP contribution in [0.1, 0.15) is 23.4 Å². The van der Waals surface area contributed by atoms with Crippen LogP contribution in [0.2, 0.25) is 0 Å². The predicted molar refractivity (Wildman–Crippen MR) is 88.5 cm³/mol. The van der Waals surface area contributed by atoms with Crippen LogP contribution in [-0.2, 0) is 7.05 Å². The zero-order valence-corrected chi connectivity index (χ0v) is 13.0. The standard InChI is InChI=1S/C16H14N4OS/c1-9(10-6-4-3-5-7-10)16-18-14-13(22-16)11-8-17-19-15(21)12(11)20(14)2/h3-9H,1-2H3,(H,19,21). The number of nitrogens with one attached hydrogen (secondary N) is 1. The lowest BCUT2D eigenvalue weighted by Gasteiger charge is -2.07. The highest BCUT2D eigenvalue weighted by Crippen LogP contribution is 2.35. The molecular formula is C16H14N4OS. The van der Waals surface area contributed by atoms with Crippen LogP contribution < -0.4 is 5.56 Å². The lowest BCUT2D eigenvalue weighted by atomic mass is 10.0. The molecule has 0 spiro atoms. The Kier molecular flexibility index (Phi) is 2.87. The van der Waals surface area contributed by atoms with Gasteiger partial charge in [-0.1, -0.05) is 37.3 Å². The third-order valence-electron chi connectivity index (χ3n) is 4.02. The molecule has 1 atom stereocenters. The summed E-state index contributed by atoms with van der Waals surface area (Å²) in [7, 11) is 1.87. The van der Waals surface area contributed by atoms with Crippen LogP contribution in [0.3, 0.4) is 0 Å². The lowest BCUT2D eigenvalue weighted by molar-refractivity contribution is 0.893. The van der Waals surface area contributed by atoms with Crippen LogP contribution in [0, 0.1) is 0 Å². The van der Waals surface area contributed by atoms with Gasteiger partial charge in [0.05, 0.1) is 10.9 Å². The number of benzene rings is 1. The minimum absolute atomic E-state index is 0.178. The average Bonchev–Trinajstić information content (AvgIpc) is 3.08. The second-order valence-corrected chi connectivity index (χ2v) is 6.39. The average molecular weight is 310 g/mol. The first kappa shape index (κ1) is 13.2. The quantitative estimate of drug-likeness (QED) is 0.619. The van der Waals surface area contributed by atoms with Gasteiger partial charge in [0, 0.05) is 18.4 Å². The molecule has 3 aromatic heterocycles. The number of hydrogen-bond acceptors (Lipinski definition) is 4. The highest BCUT2D eigenvalue weighted by atomic mass is 32.1. The fourth-order valence-electron chi connectivity index (χ4n) is 2.80. The summed E-state index contributed by atoms with van der Waals surface area (Å²) in [6.45, 7) is 2.15. The molecule has 0 aliphatic carbocycles. The van der Waals surface area contributed by atoms with Crippen LogP contribution in [0.5, 0.6) is 0 Å². The van der Waals surface area contributed by atoms with Crippen molar-refractivity contribution in [3.05, 3.63) is 57.5 Å². The number of thiazole rings is 1. The van der Waals surface area contributed by atoms with Crippen molar-refractivity contribution in [1.82, 2.24) is 19.7 Å². The van der Waals surface area contributed by atoms with E-state index in [1.807, 2.05) is 29.8 Å². The first-order chi connectivity index (χ1) is 10.7. The maximum Gasteiger partial charge on any atom is 0.288 e. The van der Waals surface area contributed by atoms with Gasteiger partial charge in [0.2, 0.25) is 0 Å². The van der Waals surface area contributed by atoms with E-state index in [1.165, 1.54) is 5.56 Å². The molecule has 1 aromatic carbocycles. The number of aryl methyl sites for hydroxylation is 1. The minimum Gasteiger partial charge on any atom is -0.323 e. The molecule has 0 bridgehead atoms. The first-order valence-electron chi connectivity index (χ1n) is 7.04. The molecule has 0 aliphatic heterocycles. The topological polar surface area (TPSA) is 63.6 Å². The SMILES string of the molecule is CC(c1ccccc1)c1nc2c(s1)c1cn[nH]c(=O)c1n2C. The van der Waals surface area contributed by atoms with E-state index in [4.69, 9.17) is 4.98 Å². The Labute approximate surface area is 130 Å². The second kappa shape index (κ2) is 4.78. The summed E-state index contributed by atoms with van der Waals surface area (Å²) in [6.07, 6.45) is 1.70. The zero-order chi connectivity index (χ0) is 15.3. The molecule has 6 heteroatoms. The molecule has 0 aliphatic rings. The Morgan fingerprint density at radius 2 is 2.05 bits per heavy atom. The molecule has 0 fully saturated rings. The van der Waals surface area contributed by atoms with Crippen molar-refractivity contribution in [2.45, 2.75) is 12.8 Å². The van der Waals surface area contributed by atoms with Crippen molar-refractivity contribution >= 4 is 32.6 Å². The van der Waals surface area contributed by atoms with Crippen molar-refractivity contribution in [2.24, 2.45) is 7.05 Å². The lowest BCUT2D eigenvalue weighted by Crippen LogP contribution is -2.10. The number of nitrogens with zero attached hydrogens (tertiary/aromatic N) is 3. The van der Waals surface area contributed by atoms with E-state index in [0.29, 0.717) is 5.52 Å². The minimum atomic E-state index is -0.178. The Morgan fingerprint density at radius 3 is 2.82 bits per heavy atom. The fourth-order valence-corrected chi connectivity index (χ4v) is 3.98. The van der Waals surface area contributed by atoms with E-state index in [1.54, 1.807) is 17.5 Å². The second-order valence-electron chi connectivity index (χ2n) is 5.36. The number of hydrogen-bond donors (Lipinski definition) is 1. The van der Waals surface area contributed by atoms with Gasteiger partial charge in [0.1, 0.15) is 10.5 Å². The monoisotopic (exact) mass is 310 g/mol. The molecule has 1 unspecified atom stereocenters. The Bertz CT molecular complexity index is 1030. The van der Waals surface area contributed by atoms with Crippen molar-refractivity contribution < 1.29 is 0 Å². The highest BCUT2D eigenvalue weighted by molar-refractivity contribution is 7.19. The summed E-state index contributed by atoms with van der Waals surface area (Å²) in [5.41, 5.74) is 2.53. The smallest absolute Gasteiger partial charge is 0.288 e. The van der Waals surface area contributed by atoms with Crippen LogP contribution in [0.15, 0.2) is 41.3 Å². The summed E-state index contributed by atoms with van der Waals surface area (Å²) < 4.78 is 2.87. The van der Waals surface area contributed by atoms with E-state index < -0.39 is 0 Å². The van der Waals surface area contributed by atoms with Crippen LogP contribution >= 0.6 is 11.3 Å². The molecular weight excluding hydrogens is 296 g/mol. The molecule has 0 saturated carbocycles. The summed E-state index contributed by atoms with van der Waals surface area (Å²) >= 11 is 1.63. The Morgan fingerprint density at radius 1 is 1.27 bits per heavy atom. The van der Waals surface area contributed by atoms with Crippen molar-refractivity contribution in [1.29, 1.82) is 0 Å². The van der Waals surface area contributed by atoms with Crippen molar-refractivity contribution in [3.8, 4) is 0 Å². The van der Waals surface area contributed by atoms with Gasteiger partial charge in [0.15, 0.2) is 5.65 Å². The summed E-state index contributed by atoms with van der Waals surface area (Å²) in [5, 5.41) is 8.31. The van der Waals surface area contributed by atoms with Gasteiger partial charge in [-0.15, -0.1) is 11.3 Å². The van der Waals surface area contributed by atoms with Crippen LogP contribution in [0.25, 0.3) is 21.3 Å². The normalized spacial score (nSPS) is 13.0. The summed E-state index contributed by atoms with van der Waals surface area (Å²) in [4.78, 5) is 16.7. The third-order valence-corrected chi connectivity index (χ3v) is 5.28. The maximum absolute atomic E-state index is 11.9. The van der Waals surface area contributed by atoms with E-state index in [0.717, 1.165) is 20.7 Å². The molecule has 0 radical (unpaired) electrons. The van der Waals surface area contributed by atoms with Crippen molar-refractivity contribution in [2.75, 3.05) is 0 Å². The molecule has 3 heterocycles. The predicted octanol–water partition coefficient (Wildman–Crippen LogP) is 3.02. The molecule has 110 valence electrons. The number of aromatic nitrogens is 4. The molecule has 22 heavy (non-hydrogen) atoms. The molecule has 1 N–H and O–H groups in total. The molecule has 0 amide bonds. The number of rotatable bonds is 2. The van der Waals surface area contributed by atoms with E-state index in [9.17, 15) is 4.79 Å². The third kappa shape index (κ3) is 1.80. The Balaban J connectivity index is 1.94. The van der Waals surface area contributed by atoms with Gasteiger partial charge in [-0.05, 0) is 5.56 Å². The van der Waals surface area contributed by atoms with Crippen LogP contribution in [0.4, 0.5) is 0 Å². The summed E-state index contributed by atoms with van der Waals surface area (Å²) in [5.74, 6) is 0.226. The maximum atomic E-state index is 11.9. The van der Waals surface area contributed by atoms with E-state index in [-0.39, 0.29) is 11.5 Å². The van der Waals surface area contributed by atoms with Gasteiger partial charge < -0.3 is 4.57 Å². The zero-order valence-electron chi connectivity index (χ0n) is 12.2.